The molecule has 6 heteroatoms. The van der Waals surface area contributed by atoms with Gasteiger partial charge in [-0.25, -0.2) is 4.79 Å². The highest BCUT2D eigenvalue weighted by molar-refractivity contribution is 5.94. The van der Waals surface area contributed by atoms with E-state index in [2.05, 4.69) is 0 Å². The fourth-order valence-electron chi connectivity index (χ4n) is 5.01. The van der Waals surface area contributed by atoms with E-state index in [1.165, 1.54) is 0 Å². The Morgan fingerprint density at radius 2 is 2.04 bits per heavy atom. The van der Waals surface area contributed by atoms with E-state index < -0.39 is 40.8 Å². The van der Waals surface area contributed by atoms with Gasteiger partial charge in [0.25, 0.3) is 0 Å². The number of ether oxygens (including phenoxy) is 3. The molecule has 2 aliphatic carbocycles. The van der Waals surface area contributed by atoms with Gasteiger partial charge in [-0.3, -0.25) is 9.59 Å². The maximum atomic E-state index is 12.9. The van der Waals surface area contributed by atoms with Crippen molar-refractivity contribution in [1.29, 1.82) is 0 Å². The summed E-state index contributed by atoms with van der Waals surface area (Å²) in [7, 11) is 0. The van der Waals surface area contributed by atoms with Gasteiger partial charge in [-0.2, -0.15) is 0 Å². The molecule has 4 aliphatic rings. The predicted molar refractivity (Wildman–Crippen MR) is 90.7 cm³/mol. The lowest BCUT2D eigenvalue weighted by atomic mass is 9.64. The predicted octanol–water partition coefficient (Wildman–Crippen LogP) is 2.47. The van der Waals surface area contributed by atoms with Crippen molar-refractivity contribution in [2.24, 2.45) is 16.7 Å². The van der Waals surface area contributed by atoms with E-state index in [0.717, 1.165) is 5.57 Å². The Hall–Kier alpha value is -1.95. The molecule has 2 saturated heterocycles. The minimum absolute atomic E-state index is 0.0431. The van der Waals surface area contributed by atoms with Crippen LogP contribution in [0.25, 0.3) is 0 Å². The zero-order chi connectivity index (χ0) is 19.1. The van der Waals surface area contributed by atoms with Crippen LogP contribution < -0.4 is 0 Å². The minimum Gasteiger partial charge on any atom is -0.457 e. The van der Waals surface area contributed by atoms with Gasteiger partial charge in [-0.05, 0) is 39.2 Å². The summed E-state index contributed by atoms with van der Waals surface area (Å²) >= 11 is 0. The maximum Gasteiger partial charge on any atom is 0.333 e. The molecule has 2 heterocycles. The molecule has 3 fully saturated rings. The summed E-state index contributed by atoms with van der Waals surface area (Å²) in [6, 6.07) is 0. The third kappa shape index (κ3) is 1.83. The van der Waals surface area contributed by atoms with Crippen LogP contribution in [0.4, 0.5) is 0 Å². The van der Waals surface area contributed by atoms with Gasteiger partial charge in [-0.15, -0.1) is 0 Å². The Labute approximate surface area is 152 Å². The van der Waals surface area contributed by atoms with Gasteiger partial charge in [0.2, 0.25) is 6.29 Å². The van der Waals surface area contributed by atoms with Crippen LogP contribution in [0.1, 0.15) is 47.5 Å². The topological polar surface area (TPSA) is 82.2 Å². The van der Waals surface area contributed by atoms with Gasteiger partial charge in [0.15, 0.2) is 11.4 Å². The molecule has 0 aromatic rings. The molecule has 0 amide bonds. The molecule has 140 valence electrons. The monoisotopic (exact) mass is 360 g/mol. The normalized spacial score (nSPS) is 46.6. The molecule has 0 N–H and O–H groups in total. The van der Waals surface area contributed by atoms with Crippen LogP contribution in [0.3, 0.4) is 0 Å². The number of fused-ring (bicyclic) bond motifs is 3. The summed E-state index contributed by atoms with van der Waals surface area (Å²) in [6.07, 6.45) is 2.65. The highest BCUT2D eigenvalue weighted by Gasteiger charge is 2.85. The van der Waals surface area contributed by atoms with Crippen LogP contribution in [-0.2, 0) is 28.6 Å². The number of hydrogen-bond donors (Lipinski definition) is 0. The summed E-state index contributed by atoms with van der Waals surface area (Å²) in [4.78, 5) is 37.7. The summed E-state index contributed by atoms with van der Waals surface area (Å²) in [5.74, 6) is -0.874. The summed E-state index contributed by atoms with van der Waals surface area (Å²) in [5, 5.41) is 0. The van der Waals surface area contributed by atoms with Crippen molar-refractivity contribution in [2.75, 3.05) is 0 Å². The van der Waals surface area contributed by atoms with E-state index in [4.69, 9.17) is 14.2 Å². The highest BCUT2D eigenvalue weighted by atomic mass is 16.8. The third-order valence-electron chi connectivity index (χ3n) is 7.21. The third-order valence-corrected chi connectivity index (χ3v) is 7.21. The fraction of sp³-hybridized carbons (Fsp3) is 0.650. The van der Waals surface area contributed by atoms with Crippen molar-refractivity contribution in [2.45, 2.75) is 65.5 Å². The van der Waals surface area contributed by atoms with Crippen molar-refractivity contribution < 1.29 is 28.6 Å². The Bertz CT molecular complexity index is 794. The average molecular weight is 360 g/mol. The van der Waals surface area contributed by atoms with Gasteiger partial charge in [-0.1, -0.05) is 25.5 Å². The van der Waals surface area contributed by atoms with E-state index >= 15 is 0 Å². The molecular formula is C20H24O6. The lowest BCUT2D eigenvalue weighted by Gasteiger charge is -2.43. The summed E-state index contributed by atoms with van der Waals surface area (Å²) in [6.45, 7) is 9.24. The van der Waals surface area contributed by atoms with Gasteiger partial charge in [0.1, 0.15) is 11.5 Å². The average Bonchev–Trinajstić information content (AvgIpc) is 3.09. The van der Waals surface area contributed by atoms with Gasteiger partial charge < -0.3 is 14.2 Å². The second-order valence-corrected chi connectivity index (χ2v) is 8.39. The first-order chi connectivity index (χ1) is 12.1. The smallest absolute Gasteiger partial charge is 0.333 e. The Balaban J connectivity index is 1.87. The molecular weight excluding hydrogens is 336 g/mol. The SMILES string of the molecule is C/C=C(/C)C(=O)O[C@H]1[C@@]2(C)C(=CC(=O)C[C@@H]2C)C[C@]12C(=O)O[C@@H]1O[C@@]12C. The first-order valence-electron chi connectivity index (χ1n) is 9.08. The first-order valence-corrected chi connectivity index (χ1v) is 9.08. The molecule has 1 saturated carbocycles. The Morgan fingerprint density at radius 1 is 1.35 bits per heavy atom. The zero-order valence-corrected chi connectivity index (χ0v) is 15.8. The lowest BCUT2D eigenvalue weighted by molar-refractivity contribution is -0.181. The number of carbonyl (C=O) groups excluding carboxylic acids is 3. The van der Waals surface area contributed by atoms with E-state index in [1.807, 2.05) is 20.8 Å². The van der Waals surface area contributed by atoms with Crippen molar-refractivity contribution in [3.05, 3.63) is 23.3 Å². The number of carbonyl (C=O) groups is 3. The number of esters is 2. The van der Waals surface area contributed by atoms with Gasteiger partial charge >= 0.3 is 11.9 Å². The van der Waals surface area contributed by atoms with Crippen molar-refractivity contribution >= 4 is 17.7 Å². The van der Waals surface area contributed by atoms with Crippen LogP contribution >= 0.6 is 0 Å². The number of hydrogen-bond acceptors (Lipinski definition) is 6. The number of epoxide rings is 1. The van der Waals surface area contributed by atoms with Crippen LogP contribution in [0.2, 0.25) is 0 Å². The standard InChI is InChI=1S/C20H24O6/c1-6-10(2)14(22)24-15-18(4)11(3)7-13(21)8-12(18)9-20(15)16(23)25-17-19(20,5)26-17/h6,8,11,15,17H,7,9H2,1-5H3/b10-6-/t11-,15-,17+,18+,19-,20+/m0/s1. The van der Waals surface area contributed by atoms with Gasteiger partial charge in [0, 0.05) is 17.4 Å². The molecule has 2 aliphatic heterocycles. The molecule has 4 rings (SSSR count). The second-order valence-electron chi connectivity index (χ2n) is 8.39. The number of ketones is 1. The largest absolute Gasteiger partial charge is 0.457 e. The Morgan fingerprint density at radius 3 is 2.62 bits per heavy atom. The molecule has 0 unspecified atom stereocenters. The molecule has 0 aromatic heterocycles. The molecule has 26 heavy (non-hydrogen) atoms. The molecule has 0 radical (unpaired) electrons. The van der Waals surface area contributed by atoms with E-state index in [1.54, 1.807) is 26.0 Å². The van der Waals surface area contributed by atoms with Crippen molar-refractivity contribution in [3.8, 4) is 0 Å². The van der Waals surface area contributed by atoms with Crippen LogP contribution in [0.15, 0.2) is 23.3 Å². The molecule has 1 spiro atoms. The quantitative estimate of drug-likeness (QED) is 0.427. The number of allylic oxidation sites excluding steroid dienone is 2. The van der Waals surface area contributed by atoms with E-state index in [0.29, 0.717) is 18.4 Å². The molecule has 6 atom stereocenters. The lowest BCUT2D eigenvalue weighted by Crippen LogP contribution is -2.54. The second kappa shape index (κ2) is 5.06. The van der Waals surface area contributed by atoms with E-state index in [9.17, 15) is 14.4 Å². The molecule has 0 aromatic carbocycles. The number of rotatable bonds is 2. The maximum absolute atomic E-state index is 12.9. The van der Waals surface area contributed by atoms with Crippen LogP contribution in [0, 0.1) is 16.7 Å². The van der Waals surface area contributed by atoms with Crippen molar-refractivity contribution in [1.82, 2.24) is 0 Å². The van der Waals surface area contributed by atoms with Crippen LogP contribution in [0.5, 0.6) is 0 Å². The van der Waals surface area contributed by atoms with E-state index in [-0.39, 0.29) is 11.7 Å². The molecule has 0 bridgehead atoms. The van der Waals surface area contributed by atoms with Gasteiger partial charge in [0.05, 0.1) is 0 Å². The zero-order valence-electron chi connectivity index (χ0n) is 15.8. The minimum atomic E-state index is -1.11. The first kappa shape index (κ1) is 17.5. The molecule has 6 nitrogen and oxygen atoms in total. The fourth-order valence-corrected chi connectivity index (χ4v) is 5.01. The Kier molecular flexibility index (Phi) is 3.40. The summed E-state index contributed by atoms with van der Waals surface area (Å²) < 4.78 is 17.1. The summed E-state index contributed by atoms with van der Waals surface area (Å²) in [5.41, 5.74) is -1.22. The van der Waals surface area contributed by atoms with Crippen molar-refractivity contribution in [3.63, 3.8) is 0 Å². The highest BCUT2D eigenvalue weighted by Crippen LogP contribution is 2.71. The van der Waals surface area contributed by atoms with Crippen LogP contribution in [-0.4, -0.2) is 35.7 Å².